The van der Waals surface area contributed by atoms with Gasteiger partial charge in [-0.3, -0.25) is 14.0 Å². The number of allylic oxidation sites excluding steroid dienone is 7. The molecule has 0 saturated carbocycles. The fourth-order valence-electron chi connectivity index (χ4n) is 3.37. The van der Waals surface area contributed by atoms with Crippen molar-refractivity contribution in [2.75, 3.05) is 19.8 Å². The summed E-state index contributed by atoms with van der Waals surface area (Å²) in [4.78, 5) is 24.4. The van der Waals surface area contributed by atoms with Crippen molar-refractivity contribution in [3.8, 4) is 0 Å². The predicted octanol–water partition coefficient (Wildman–Crippen LogP) is 6.03. The Morgan fingerprint density at radius 1 is 1.39 bits per heavy atom. The lowest BCUT2D eigenvalue weighted by atomic mass is 9.91. The van der Waals surface area contributed by atoms with E-state index < -0.39 is 5.97 Å². The molecule has 1 aromatic rings. The van der Waals surface area contributed by atoms with Crippen LogP contribution >= 0.6 is 11.3 Å². The van der Waals surface area contributed by atoms with E-state index in [4.69, 9.17) is 9.84 Å². The number of hydrogen-bond donors (Lipinski definition) is 2. The van der Waals surface area contributed by atoms with E-state index in [-0.39, 0.29) is 43.3 Å². The third-order valence-corrected chi connectivity index (χ3v) is 6.84. The number of carbonyl (C=O) groups is 2. The zero-order valence-corrected chi connectivity index (χ0v) is 20.4. The van der Waals surface area contributed by atoms with Crippen LogP contribution in [0.4, 0.5) is 4.39 Å². The van der Waals surface area contributed by atoms with E-state index in [1.54, 1.807) is 6.07 Å². The molecule has 1 aliphatic carbocycles. The van der Waals surface area contributed by atoms with Gasteiger partial charge < -0.3 is 15.2 Å². The van der Waals surface area contributed by atoms with Crippen molar-refractivity contribution in [2.45, 2.75) is 46.0 Å². The molecule has 0 aliphatic heterocycles. The third kappa shape index (κ3) is 8.65. The zero-order valence-electron chi connectivity index (χ0n) is 19.6. The van der Waals surface area contributed by atoms with Crippen LogP contribution < -0.4 is 5.32 Å². The number of amides is 1. The van der Waals surface area contributed by atoms with Gasteiger partial charge in [-0.05, 0) is 55.5 Å². The smallest absolute Gasteiger partial charge is 0.305 e. The van der Waals surface area contributed by atoms with Gasteiger partial charge in [-0.1, -0.05) is 38.2 Å². The second kappa shape index (κ2) is 13.8. The average Bonchev–Trinajstić information content (AvgIpc) is 3.31. The molecule has 0 radical (unpaired) electrons. The van der Waals surface area contributed by atoms with Gasteiger partial charge in [0, 0.05) is 23.3 Å². The quantitative estimate of drug-likeness (QED) is 0.270. The van der Waals surface area contributed by atoms with Gasteiger partial charge in [-0.2, -0.15) is 0 Å². The zero-order chi connectivity index (χ0) is 24.2. The Morgan fingerprint density at radius 2 is 2.18 bits per heavy atom. The van der Waals surface area contributed by atoms with E-state index in [0.29, 0.717) is 11.5 Å². The van der Waals surface area contributed by atoms with Gasteiger partial charge >= 0.3 is 5.97 Å². The summed E-state index contributed by atoms with van der Waals surface area (Å²) in [5.74, 6) is -0.0478. The standard InChI is InChI=1S/C26H34FNO4S/c1-4-20(23-12-13-24(33-23)26(31)28-15-14-25(29)30)17-32-22(5-2)11-6-18(3)21-9-7-19(16-27)8-10-21/h5-7,9-13,18-20H,4,8,14-17H2,1-3H3,(H,28,31)(H,29,30)/b11-6-,22-5+. The summed E-state index contributed by atoms with van der Waals surface area (Å²) in [6.45, 7) is 6.42. The number of alkyl halides is 1. The number of nitrogens with one attached hydrogen (secondary N) is 1. The third-order valence-electron chi connectivity index (χ3n) is 5.60. The van der Waals surface area contributed by atoms with Gasteiger partial charge in [0.15, 0.2) is 0 Å². The van der Waals surface area contributed by atoms with Crippen molar-refractivity contribution in [3.63, 3.8) is 0 Å². The van der Waals surface area contributed by atoms with Gasteiger partial charge in [0.1, 0.15) is 5.76 Å². The number of hydrogen-bond acceptors (Lipinski definition) is 4. The average molecular weight is 476 g/mol. The maximum absolute atomic E-state index is 12.8. The number of carbonyl (C=O) groups excluding carboxylic acids is 1. The summed E-state index contributed by atoms with van der Waals surface area (Å²) < 4.78 is 18.8. The van der Waals surface area contributed by atoms with E-state index in [2.05, 4.69) is 31.3 Å². The van der Waals surface area contributed by atoms with Crippen LogP contribution in [0.5, 0.6) is 0 Å². The van der Waals surface area contributed by atoms with Gasteiger partial charge in [-0.25, -0.2) is 0 Å². The molecule has 0 aromatic carbocycles. The maximum atomic E-state index is 12.8. The highest BCUT2D eigenvalue weighted by molar-refractivity contribution is 7.14. The lowest BCUT2D eigenvalue weighted by molar-refractivity contribution is -0.136. The Balaban J connectivity index is 1.89. The highest BCUT2D eigenvalue weighted by Crippen LogP contribution is 2.29. The molecular weight excluding hydrogens is 441 g/mol. The van der Waals surface area contributed by atoms with Crippen molar-refractivity contribution in [3.05, 3.63) is 69.7 Å². The highest BCUT2D eigenvalue weighted by atomic mass is 32.1. The number of carboxylic acid groups (broad SMARTS) is 1. The first-order valence-electron chi connectivity index (χ1n) is 11.4. The minimum atomic E-state index is -0.939. The SMILES string of the molecule is C/C=C(\C=C/C(C)C1=CCC(CF)C=C1)OCC(CC)c1ccc(C(=O)NCCC(=O)O)s1. The number of ether oxygens (including phenoxy) is 1. The van der Waals surface area contributed by atoms with Crippen LogP contribution in [-0.4, -0.2) is 36.8 Å². The first kappa shape index (κ1) is 26.6. The Labute approximate surface area is 199 Å². The van der Waals surface area contributed by atoms with Gasteiger partial charge in [-0.15, -0.1) is 11.3 Å². The Hall–Kier alpha value is -2.67. The molecule has 1 aliphatic rings. The van der Waals surface area contributed by atoms with Crippen LogP contribution in [-0.2, 0) is 9.53 Å². The molecule has 2 rings (SSSR count). The topological polar surface area (TPSA) is 75.6 Å². The van der Waals surface area contributed by atoms with Crippen molar-refractivity contribution in [1.82, 2.24) is 5.32 Å². The Bertz CT molecular complexity index is 915. The van der Waals surface area contributed by atoms with E-state index in [0.717, 1.165) is 23.5 Å². The number of aliphatic carboxylic acids is 1. The van der Waals surface area contributed by atoms with Crippen molar-refractivity contribution in [1.29, 1.82) is 0 Å². The number of rotatable bonds is 13. The lowest BCUT2D eigenvalue weighted by Crippen LogP contribution is -2.25. The van der Waals surface area contributed by atoms with Gasteiger partial charge in [0.2, 0.25) is 0 Å². The molecule has 33 heavy (non-hydrogen) atoms. The molecule has 0 spiro atoms. The summed E-state index contributed by atoms with van der Waals surface area (Å²) in [7, 11) is 0. The second-order valence-electron chi connectivity index (χ2n) is 8.07. The van der Waals surface area contributed by atoms with Crippen LogP contribution in [0, 0.1) is 11.8 Å². The highest BCUT2D eigenvalue weighted by Gasteiger charge is 2.17. The molecule has 3 unspecified atom stereocenters. The van der Waals surface area contributed by atoms with Crippen molar-refractivity contribution >= 4 is 23.2 Å². The predicted molar refractivity (Wildman–Crippen MR) is 131 cm³/mol. The van der Waals surface area contributed by atoms with E-state index in [1.165, 1.54) is 16.9 Å². The van der Waals surface area contributed by atoms with Gasteiger partial charge in [0.25, 0.3) is 5.91 Å². The van der Waals surface area contributed by atoms with Crippen LogP contribution in [0.3, 0.4) is 0 Å². The minimum Gasteiger partial charge on any atom is -0.493 e. The summed E-state index contributed by atoms with van der Waals surface area (Å²) in [5, 5.41) is 11.3. The number of carboxylic acids is 1. The molecule has 1 amide bonds. The molecule has 1 heterocycles. The fraction of sp³-hybridized carbons (Fsp3) is 0.462. The van der Waals surface area contributed by atoms with E-state index >= 15 is 0 Å². The van der Waals surface area contributed by atoms with Crippen LogP contribution in [0.2, 0.25) is 0 Å². The van der Waals surface area contributed by atoms with Crippen LogP contribution in [0.15, 0.2) is 59.9 Å². The molecule has 3 atom stereocenters. The summed E-state index contributed by atoms with van der Waals surface area (Å²) in [5.41, 5.74) is 1.19. The number of thiophene rings is 1. The van der Waals surface area contributed by atoms with Gasteiger partial charge in [0.05, 0.1) is 24.6 Å². The molecule has 5 nitrogen and oxygen atoms in total. The molecule has 2 N–H and O–H groups in total. The maximum Gasteiger partial charge on any atom is 0.305 e. The minimum absolute atomic E-state index is 0.000997. The second-order valence-corrected chi connectivity index (χ2v) is 9.19. The van der Waals surface area contributed by atoms with E-state index in [1.807, 2.05) is 37.3 Å². The van der Waals surface area contributed by atoms with Crippen LogP contribution in [0.1, 0.15) is 60.5 Å². The number of halogens is 1. The van der Waals surface area contributed by atoms with E-state index in [9.17, 15) is 14.0 Å². The summed E-state index contributed by atoms with van der Waals surface area (Å²) in [6, 6.07) is 3.71. The monoisotopic (exact) mass is 475 g/mol. The fourth-order valence-corrected chi connectivity index (χ4v) is 4.47. The molecule has 0 saturated heterocycles. The molecule has 0 fully saturated rings. The summed E-state index contributed by atoms with van der Waals surface area (Å²) >= 11 is 1.41. The Kier molecular flexibility index (Phi) is 11.1. The molecule has 180 valence electrons. The lowest BCUT2D eigenvalue weighted by Gasteiger charge is -2.17. The Morgan fingerprint density at radius 3 is 2.79 bits per heavy atom. The largest absolute Gasteiger partial charge is 0.493 e. The molecular formula is C26H34FNO4S. The first-order valence-corrected chi connectivity index (χ1v) is 12.2. The molecule has 0 bridgehead atoms. The normalized spacial score (nSPS) is 18.1. The summed E-state index contributed by atoms with van der Waals surface area (Å²) in [6.07, 6.45) is 13.6. The van der Waals surface area contributed by atoms with Crippen LogP contribution in [0.25, 0.3) is 0 Å². The van der Waals surface area contributed by atoms with Crippen molar-refractivity contribution in [2.24, 2.45) is 11.8 Å². The first-order chi connectivity index (χ1) is 15.9. The molecule has 1 aromatic heterocycles. The molecule has 7 heteroatoms. The van der Waals surface area contributed by atoms with Crippen molar-refractivity contribution < 1.29 is 23.8 Å².